The second-order valence-electron chi connectivity index (χ2n) is 12.7. The Labute approximate surface area is 296 Å². The van der Waals surface area contributed by atoms with Gasteiger partial charge < -0.3 is 15.2 Å². The van der Waals surface area contributed by atoms with Gasteiger partial charge >= 0.3 is 0 Å². The van der Waals surface area contributed by atoms with E-state index >= 15 is 0 Å². The third kappa shape index (κ3) is 8.17. The number of aryl methyl sites for hydroxylation is 1. The van der Waals surface area contributed by atoms with E-state index in [1.165, 1.54) is 49.9 Å². The molecule has 6 rings (SSSR count). The summed E-state index contributed by atoms with van der Waals surface area (Å²) in [6.45, 7) is 19.9. The van der Waals surface area contributed by atoms with Crippen molar-refractivity contribution in [2.75, 3.05) is 4.90 Å². The van der Waals surface area contributed by atoms with Gasteiger partial charge in [0.05, 0.1) is 11.0 Å². The number of rotatable bonds is 9. The lowest BCUT2D eigenvalue weighted by molar-refractivity contribution is 0.733. The van der Waals surface area contributed by atoms with E-state index in [-0.39, 0.29) is 0 Å². The SMILES string of the molecule is C/C=C\C.CC.CCC(C)c1ccc(N(c2ccc(CN)cc2)c2cc3c4cc(C(C)CC)ccc4n(-c4ccccc4)c3cc2C)cc1. The van der Waals surface area contributed by atoms with Crippen molar-refractivity contribution < 1.29 is 0 Å². The standard InChI is InChI=1S/C40H43N3.C4H8.C2H6/c1-6-27(3)31-15-20-35(21-16-31)42(34-18-13-30(26-41)14-19-34)39-25-37-36-24-32(28(4)7-2)17-22-38(36)43(40(37)23-29(39)5)33-11-9-8-10-12-33;1-3-4-2;1-2/h8-25,27-28H,6-7,26,41H2,1-5H3;3-4H,1-2H3;1-2H3/b;4-3-;. The summed E-state index contributed by atoms with van der Waals surface area (Å²) in [5.74, 6) is 1.04. The highest BCUT2D eigenvalue weighted by molar-refractivity contribution is 6.11. The average Bonchev–Trinajstić information content (AvgIpc) is 3.48. The van der Waals surface area contributed by atoms with Gasteiger partial charge in [-0.2, -0.15) is 0 Å². The van der Waals surface area contributed by atoms with Gasteiger partial charge in [0.15, 0.2) is 0 Å². The fraction of sp³-hybridized carbons (Fsp3) is 0.304. The lowest BCUT2D eigenvalue weighted by Crippen LogP contribution is -2.12. The Kier molecular flexibility index (Phi) is 13.4. The summed E-state index contributed by atoms with van der Waals surface area (Å²) in [6, 6.07) is 40.4. The predicted octanol–water partition coefficient (Wildman–Crippen LogP) is 13.7. The smallest absolute Gasteiger partial charge is 0.0545 e. The minimum atomic E-state index is 0.506. The number of benzene rings is 5. The Bertz CT molecular complexity index is 1930. The summed E-state index contributed by atoms with van der Waals surface area (Å²) in [5, 5.41) is 2.56. The maximum atomic E-state index is 5.97. The van der Waals surface area contributed by atoms with Crippen molar-refractivity contribution in [1.82, 2.24) is 4.57 Å². The first-order valence-corrected chi connectivity index (χ1v) is 18.3. The Morgan fingerprint density at radius 3 is 1.73 bits per heavy atom. The molecule has 0 aliphatic heterocycles. The molecule has 0 saturated carbocycles. The molecule has 0 aliphatic carbocycles. The third-order valence-electron chi connectivity index (χ3n) is 9.64. The van der Waals surface area contributed by atoms with Crippen LogP contribution in [0.3, 0.4) is 0 Å². The van der Waals surface area contributed by atoms with Crippen LogP contribution in [0.25, 0.3) is 27.5 Å². The van der Waals surface area contributed by atoms with E-state index in [2.05, 4.69) is 153 Å². The topological polar surface area (TPSA) is 34.2 Å². The molecule has 0 saturated heterocycles. The molecule has 0 fully saturated rings. The van der Waals surface area contributed by atoms with Gasteiger partial charge in [-0.25, -0.2) is 0 Å². The normalized spacial score (nSPS) is 12.3. The Balaban J connectivity index is 0.000000841. The van der Waals surface area contributed by atoms with Crippen LogP contribution in [0.1, 0.15) is 102 Å². The van der Waals surface area contributed by atoms with E-state index in [9.17, 15) is 0 Å². The number of nitrogens with two attached hydrogens (primary N) is 1. The maximum absolute atomic E-state index is 5.97. The van der Waals surface area contributed by atoms with Crippen molar-refractivity contribution in [2.45, 2.75) is 93.5 Å². The minimum absolute atomic E-state index is 0.506. The molecule has 2 unspecified atom stereocenters. The molecule has 3 heteroatoms. The molecule has 1 aromatic heterocycles. The second kappa shape index (κ2) is 17.7. The number of nitrogens with zero attached hydrogens (tertiary/aromatic N) is 2. The fourth-order valence-electron chi connectivity index (χ4n) is 6.21. The number of hydrogen-bond donors (Lipinski definition) is 1. The molecule has 5 aromatic carbocycles. The van der Waals surface area contributed by atoms with Crippen molar-refractivity contribution in [3.05, 3.63) is 144 Å². The zero-order valence-electron chi connectivity index (χ0n) is 31.3. The summed E-state index contributed by atoms with van der Waals surface area (Å²) >= 11 is 0. The highest BCUT2D eigenvalue weighted by Crippen LogP contribution is 2.42. The lowest BCUT2D eigenvalue weighted by atomic mass is 9.96. The summed E-state index contributed by atoms with van der Waals surface area (Å²) < 4.78 is 2.42. The molecular weight excluding hydrogens is 595 g/mol. The van der Waals surface area contributed by atoms with Crippen LogP contribution in [0.2, 0.25) is 0 Å². The monoisotopic (exact) mass is 651 g/mol. The molecule has 0 radical (unpaired) electrons. The Hall–Kier alpha value is -4.60. The molecular formula is C46H57N3. The molecule has 256 valence electrons. The number of allylic oxidation sites excluding steroid dienone is 2. The second-order valence-corrected chi connectivity index (χ2v) is 12.7. The van der Waals surface area contributed by atoms with Crippen molar-refractivity contribution in [3.63, 3.8) is 0 Å². The molecule has 49 heavy (non-hydrogen) atoms. The number of aromatic nitrogens is 1. The van der Waals surface area contributed by atoms with Gasteiger partial charge in [0.25, 0.3) is 0 Å². The van der Waals surface area contributed by atoms with Crippen LogP contribution in [0.5, 0.6) is 0 Å². The van der Waals surface area contributed by atoms with Gasteiger partial charge in [-0.3, -0.25) is 0 Å². The number of para-hydroxylation sites is 1. The average molecular weight is 652 g/mol. The van der Waals surface area contributed by atoms with E-state index in [4.69, 9.17) is 5.73 Å². The van der Waals surface area contributed by atoms with Crippen molar-refractivity contribution in [2.24, 2.45) is 5.73 Å². The van der Waals surface area contributed by atoms with Crippen molar-refractivity contribution in [3.8, 4) is 5.69 Å². The van der Waals surface area contributed by atoms with Crippen LogP contribution < -0.4 is 10.6 Å². The molecule has 6 aromatic rings. The summed E-state index contributed by atoms with van der Waals surface area (Å²) in [5.41, 5.74) is 18.2. The molecule has 0 spiro atoms. The quantitative estimate of drug-likeness (QED) is 0.158. The van der Waals surface area contributed by atoms with Crippen LogP contribution >= 0.6 is 0 Å². The van der Waals surface area contributed by atoms with Gasteiger partial charge in [0, 0.05) is 40.1 Å². The first-order valence-electron chi connectivity index (χ1n) is 18.3. The predicted molar refractivity (Wildman–Crippen MR) is 217 cm³/mol. The first kappa shape index (κ1) is 37.2. The molecule has 2 atom stereocenters. The summed E-state index contributed by atoms with van der Waals surface area (Å²) in [7, 11) is 0. The van der Waals surface area contributed by atoms with Crippen LogP contribution in [-0.4, -0.2) is 4.57 Å². The van der Waals surface area contributed by atoms with Gasteiger partial charge in [0.1, 0.15) is 0 Å². The van der Waals surface area contributed by atoms with Gasteiger partial charge in [-0.05, 0) is 128 Å². The number of fused-ring (bicyclic) bond motifs is 3. The van der Waals surface area contributed by atoms with Crippen molar-refractivity contribution >= 4 is 38.9 Å². The fourth-order valence-corrected chi connectivity index (χ4v) is 6.21. The van der Waals surface area contributed by atoms with Crippen LogP contribution in [-0.2, 0) is 6.54 Å². The van der Waals surface area contributed by atoms with Crippen LogP contribution in [0, 0.1) is 6.92 Å². The number of anilines is 3. The zero-order chi connectivity index (χ0) is 35.5. The molecule has 2 N–H and O–H groups in total. The van der Waals surface area contributed by atoms with E-state index in [1.54, 1.807) is 0 Å². The Morgan fingerprint density at radius 1 is 0.653 bits per heavy atom. The molecule has 3 nitrogen and oxygen atoms in total. The van der Waals surface area contributed by atoms with Crippen molar-refractivity contribution in [1.29, 1.82) is 0 Å². The minimum Gasteiger partial charge on any atom is -0.326 e. The van der Waals surface area contributed by atoms with Gasteiger partial charge in [0.2, 0.25) is 0 Å². The molecule has 0 bridgehead atoms. The zero-order valence-corrected chi connectivity index (χ0v) is 31.3. The Morgan fingerprint density at radius 2 is 1.18 bits per heavy atom. The molecule has 0 amide bonds. The summed E-state index contributed by atoms with van der Waals surface area (Å²) in [4.78, 5) is 2.40. The van der Waals surface area contributed by atoms with E-state index in [1.807, 2.05) is 39.8 Å². The lowest BCUT2D eigenvalue weighted by Gasteiger charge is -2.28. The number of hydrogen-bond acceptors (Lipinski definition) is 2. The van der Waals surface area contributed by atoms with Crippen LogP contribution in [0.15, 0.2) is 121 Å². The van der Waals surface area contributed by atoms with Crippen LogP contribution in [0.4, 0.5) is 17.1 Å². The third-order valence-corrected chi connectivity index (χ3v) is 9.64. The highest BCUT2D eigenvalue weighted by atomic mass is 15.1. The van der Waals surface area contributed by atoms with E-state index < -0.39 is 0 Å². The van der Waals surface area contributed by atoms with Gasteiger partial charge in [-0.1, -0.05) is 102 Å². The van der Waals surface area contributed by atoms with E-state index in [0.29, 0.717) is 18.4 Å². The largest absolute Gasteiger partial charge is 0.326 e. The maximum Gasteiger partial charge on any atom is 0.0545 e. The molecule has 1 heterocycles. The van der Waals surface area contributed by atoms with E-state index in [0.717, 1.165) is 29.8 Å². The van der Waals surface area contributed by atoms with Gasteiger partial charge in [-0.15, -0.1) is 0 Å². The first-order chi connectivity index (χ1) is 23.8. The highest BCUT2D eigenvalue weighted by Gasteiger charge is 2.20. The summed E-state index contributed by atoms with van der Waals surface area (Å²) in [6.07, 6.45) is 6.25. The molecule has 0 aliphatic rings.